The first-order valence-corrected chi connectivity index (χ1v) is 5.26. The van der Waals surface area contributed by atoms with Gasteiger partial charge in [0.15, 0.2) is 0 Å². The predicted molar refractivity (Wildman–Crippen MR) is 62.5 cm³/mol. The third-order valence-electron chi connectivity index (χ3n) is 2.25. The highest BCUT2D eigenvalue weighted by Crippen LogP contribution is 2.24. The van der Waals surface area contributed by atoms with Crippen LogP contribution in [0.4, 0.5) is 5.69 Å². The van der Waals surface area contributed by atoms with Gasteiger partial charge in [0.1, 0.15) is 0 Å². The number of rotatable bonds is 7. The number of nitrogens with zero attached hydrogens (tertiary/aromatic N) is 1. The Hall–Kier alpha value is -1.50. The van der Waals surface area contributed by atoms with E-state index in [0.717, 1.165) is 0 Å². The van der Waals surface area contributed by atoms with Gasteiger partial charge in [-0.05, 0) is 6.92 Å². The molecular formula is C11H16N2O4. The molecule has 0 radical (unpaired) electrons. The molecule has 1 aromatic carbocycles. The molecule has 0 fully saturated rings. The Morgan fingerprint density at radius 1 is 1.41 bits per heavy atom. The molecule has 1 rings (SSSR count). The fraction of sp³-hybridized carbons (Fsp3) is 0.455. The van der Waals surface area contributed by atoms with Gasteiger partial charge in [0.2, 0.25) is 0 Å². The summed E-state index contributed by atoms with van der Waals surface area (Å²) in [7, 11) is 1.58. The maximum Gasteiger partial charge on any atom is 0.274 e. The topological polar surface area (TPSA) is 73.6 Å². The van der Waals surface area contributed by atoms with E-state index in [9.17, 15) is 10.1 Å². The molecule has 0 amide bonds. The number of nitro benzene ring substituents is 1. The fourth-order valence-corrected chi connectivity index (χ4v) is 1.39. The summed E-state index contributed by atoms with van der Waals surface area (Å²) < 4.78 is 4.82. The molecule has 1 N–H and O–H groups in total. The minimum absolute atomic E-state index is 0.0860. The van der Waals surface area contributed by atoms with Crippen LogP contribution in [0.3, 0.4) is 0 Å². The van der Waals surface area contributed by atoms with Crippen LogP contribution in [0.5, 0.6) is 0 Å². The van der Waals surface area contributed by atoms with Gasteiger partial charge < -0.3 is 4.74 Å². The van der Waals surface area contributed by atoms with E-state index in [2.05, 4.69) is 5.48 Å². The number of para-hydroxylation sites is 1. The molecule has 94 valence electrons. The number of hydrogen-bond acceptors (Lipinski definition) is 5. The molecule has 0 saturated carbocycles. The Kier molecular flexibility index (Phi) is 5.55. The Morgan fingerprint density at radius 3 is 2.76 bits per heavy atom. The molecule has 17 heavy (non-hydrogen) atoms. The lowest BCUT2D eigenvalue weighted by atomic mass is 10.1. The van der Waals surface area contributed by atoms with Crippen molar-refractivity contribution in [3.05, 3.63) is 39.9 Å². The molecule has 1 aromatic rings. The molecule has 0 aliphatic rings. The van der Waals surface area contributed by atoms with Crippen LogP contribution in [0, 0.1) is 10.1 Å². The first-order valence-electron chi connectivity index (χ1n) is 5.26. The van der Waals surface area contributed by atoms with E-state index in [1.54, 1.807) is 32.2 Å². The van der Waals surface area contributed by atoms with E-state index in [0.29, 0.717) is 18.8 Å². The quantitative estimate of drug-likeness (QED) is 0.447. The highest BCUT2D eigenvalue weighted by Gasteiger charge is 2.17. The van der Waals surface area contributed by atoms with Crippen LogP contribution in [0.2, 0.25) is 0 Å². The molecule has 0 saturated heterocycles. The second-order valence-corrected chi connectivity index (χ2v) is 3.50. The van der Waals surface area contributed by atoms with Crippen molar-refractivity contribution in [2.75, 3.05) is 20.3 Å². The van der Waals surface area contributed by atoms with Crippen LogP contribution < -0.4 is 5.48 Å². The predicted octanol–water partition coefficient (Wildman–Crippen LogP) is 1.82. The zero-order valence-corrected chi connectivity index (χ0v) is 9.88. The van der Waals surface area contributed by atoms with Gasteiger partial charge >= 0.3 is 0 Å². The summed E-state index contributed by atoms with van der Waals surface area (Å²) >= 11 is 0. The van der Waals surface area contributed by atoms with Gasteiger partial charge in [-0.2, -0.15) is 5.48 Å². The SMILES string of the molecule is COCCONC(C)c1ccccc1[N+](=O)[O-]. The zero-order valence-electron chi connectivity index (χ0n) is 9.88. The summed E-state index contributed by atoms with van der Waals surface area (Å²) in [5, 5.41) is 10.8. The van der Waals surface area contributed by atoms with E-state index in [4.69, 9.17) is 9.57 Å². The lowest BCUT2D eigenvalue weighted by Crippen LogP contribution is -2.22. The molecule has 0 heterocycles. The van der Waals surface area contributed by atoms with Crippen LogP contribution in [-0.2, 0) is 9.57 Å². The first kappa shape index (κ1) is 13.6. The van der Waals surface area contributed by atoms with Crippen molar-refractivity contribution < 1.29 is 14.5 Å². The number of ether oxygens (including phenoxy) is 1. The lowest BCUT2D eigenvalue weighted by Gasteiger charge is -2.13. The van der Waals surface area contributed by atoms with Gasteiger partial charge in [0.25, 0.3) is 5.69 Å². The van der Waals surface area contributed by atoms with Crippen molar-refractivity contribution in [2.24, 2.45) is 0 Å². The van der Waals surface area contributed by atoms with Gasteiger partial charge in [-0.3, -0.25) is 15.0 Å². The van der Waals surface area contributed by atoms with Crippen molar-refractivity contribution in [3.8, 4) is 0 Å². The van der Waals surface area contributed by atoms with Gasteiger partial charge in [0, 0.05) is 18.7 Å². The molecule has 1 atom stereocenters. The normalized spacial score (nSPS) is 12.4. The number of hydroxylamine groups is 1. The Bertz CT molecular complexity index is 370. The van der Waals surface area contributed by atoms with E-state index < -0.39 is 4.92 Å². The second-order valence-electron chi connectivity index (χ2n) is 3.50. The number of hydrogen-bond donors (Lipinski definition) is 1. The lowest BCUT2D eigenvalue weighted by molar-refractivity contribution is -0.385. The first-order chi connectivity index (χ1) is 8.16. The number of nitrogens with one attached hydrogen (secondary N) is 1. The van der Waals surface area contributed by atoms with Crippen molar-refractivity contribution in [1.29, 1.82) is 0 Å². The molecular weight excluding hydrogens is 224 g/mol. The third-order valence-corrected chi connectivity index (χ3v) is 2.25. The standard InChI is InChI=1S/C11H16N2O4/c1-9(12-17-8-7-16-2)10-5-3-4-6-11(10)13(14)15/h3-6,9,12H,7-8H2,1-2H3. The summed E-state index contributed by atoms with van der Waals surface area (Å²) in [5.41, 5.74) is 3.42. The maximum absolute atomic E-state index is 10.8. The molecule has 1 unspecified atom stereocenters. The Labute approximate surface area is 99.6 Å². The van der Waals surface area contributed by atoms with Crippen molar-refractivity contribution in [2.45, 2.75) is 13.0 Å². The third kappa shape index (κ3) is 4.10. The maximum atomic E-state index is 10.8. The van der Waals surface area contributed by atoms with Crippen LogP contribution >= 0.6 is 0 Å². The number of benzene rings is 1. The number of nitro groups is 1. The highest BCUT2D eigenvalue weighted by molar-refractivity contribution is 5.41. The van der Waals surface area contributed by atoms with E-state index in [1.165, 1.54) is 6.07 Å². The van der Waals surface area contributed by atoms with Gasteiger partial charge in [0.05, 0.1) is 24.2 Å². The second kappa shape index (κ2) is 6.95. The van der Waals surface area contributed by atoms with Gasteiger partial charge in [-0.25, -0.2) is 0 Å². The van der Waals surface area contributed by atoms with E-state index >= 15 is 0 Å². The van der Waals surface area contributed by atoms with E-state index in [1.807, 2.05) is 0 Å². The highest BCUT2D eigenvalue weighted by atomic mass is 16.7. The average molecular weight is 240 g/mol. The van der Waals surface area contributed by atoms with Crippen LogP contribution in [0.25, 0.3) is 0 Å². The van der Waals surface area contributed by atoms with Crippen LogP contribution in [0.1, 0.15) is 18.5 Å². The summed E-state index contributed by atoms with van der Waals surface area (Å²) in [4.78, 5) is 15.5. The molecule has 0 spiro atoms. The van der Waals surface area contributed by atoms with Crippen molar-refractivity contribution >= 4 is 5.69 Å². The number of methoxy groups -OCH3 is 1. The minimum Gasteiger partial charge on any atom is -0.382 e. The van der Waals surface area contributed by atoms with Crippen LogP contribution in [0.15, 0.2) is 24.3 Å². The van der Waals surface area contributed by atoms with Gasteiger partial charge in [-0.15, -0.1) is 0 Å². The van der Waals surface area contributed by atoms with Crippen molar-refractivity contribution in [1.82, 2.24) is 5.48 Å². The van der Waals surface area contributed by atoms with E-state index in [-0.39, 0.29) is 11.7 Å². The zero-order chi connectivity index (χ0) is 12.7. The molecule has 0 aliphatic heterocycles. The van der Waals surface area contributed by atoms with Gasteiger partial charge in [-0.1, -0.05) is 18.2 Å². The Morgan fingerprint density at radius 2 is 2.12 bits per heavy atom. The summed E-state index contributed by atoms with van der Waals surface area (Å²) in [6, 6.07) is 6.32. The Balaban J connectivity index is 2.62. The summed E-state index contributed by atoms with van der Waals surface area (Å²) in [6.07, 6.45) is 0. The average Bonchev–Trinajstić information content (AvgIpc) is 2.34. The van der Waals surface area contributed by atoms with Crippen LogP contribution in [-0.4, -0.2) is 25.2 Å². The smallest absolute Gasteiger partial charge is 0.274 e. The minimum atomic E-state index is -0.400. The monoisotopic (exact) mass is 240 g/mol. The van der Waals surface area contributed by atoms with Crippen molar-refractivity contribution in [3.63, 3.8) is 0 Å². The largest absolute Gasteiger partial charge is 0.382 e. The summed E-state index contributed by atoms with van der Waals surface area (Å²) in [5.74, 6) is 0. The molecule has 6 heteroatoms. The summed E-state index contributed by atoms with van der Waals surface area (Å²) in [6.45, 7) is 2.66. The molecule has 0 aromatic heterocycles. The molecule has 6 nitrogen and oxygen atoms in total. The molecule has 0 aliphatic carbocycles. The fourth-order valence-electron chi connectivity index (χ4n) is 1.39. The molecule has 0 bridgehead atoms.